The molecule has 23 heavy (non-hydrogen) atoms. The van der Waals surface area contributed by atoms with Crippen LogP contribution in [0.4, 0.5) is 5.69 Å². The first-order valence-electron chi connectivity index (χ1n) is 6.87. The molecule has 0 radical (unpaired) electrons. The maximum Gasteiger partial charge on any atom is 0.323 e. The fourth-order valence-corrected chi connectivity index (χ4v) is 2.43. The molecule has 0 aliphatic carbocycles. The minimum atomic E-state index is -1.48. The van der Waals surface area contributed by atoms with E-state index in [1.165, 1.54) is 31.4 Å². The molecule has 0 unspecified atom stereocenters. The Kier molecular flexibility index (Phi) is 4.85. The molecule has 0 saturated heterocycles. The van der Waals surface area contributed by atoms with Gasteiger partial charge in [-0.05, 0) is 17.5 Å². The Morgan fingerprint density at radius 3 is 2.26 bits per heavy atom. The zero-order valence-electron chi connectivity index (χ0n) is 12.5. The Hall–Kier alpha value is -3.02. The van der Waals surface area contributed by atoms with E-state index in [9.17, 15) is 19.7 Å². The van der Waals surface area contributed by atoms with Crippen molar-refractivity contribution in [3.63, 3.8) is 0 Å². The number of nitro groups is 1. The number of nitrogens with zero attached hydrogens (tertiary/aromatic N) is 1. The number of benzene rings is 2. The maximum atomic E-state index is 12.3. The molecule has 0 aliphatic heterocycles. The van der Waals surface area contributed by atoms with Crippen molar-refractivity contribution in [1.29, 1.82) is 0 Å². The van der Waals surface area contributed by atoms with Gasteiger partial charge in [0, 0.05) is 12.1 Å². The van der Waals surface area contributed by atoms with Crippen LogP contribution in [0, 0.1) is 10.1 Å². The first kappa shape index (κ1) is 16.4. The van der Waals surface area contributed by atoms with E-state index in [0.717, 1.165) is 0 Å². The van der Waals surface area contributed by atoms with Gasteiger partial charge in [0.25, 0.3) is 5.69 Å². The lowest BCUT2D eigenvalue weighted by molar-refractivity contribution is -0.384. The molecule has 1 atom stereocenters. The zero-order chi connectivity index (χ0) is 16.9. The lowest BCUT2D eigenvalue weighted by Gasteiger charge is -2.25. The number of esters is 1. The first-order valence-corrected chi connectivity index (χ1v) is 6.87. The third-order valence-corrected chi connectivity index (χ3v) is 3.67. The Labute approximate surface area is 132 Å². The van der Waals surface area contributed by atoms with Gasteiger partial charge >= 0.3 is 5.97 Å². The second-order valence-corrected chi connectivity index (χ2v) is 5.05. The highest BCUT2D eigenvalue weighted by atomic mass is 16.6. The molecule has 118 valence electrons. The van der Waals surface area contributed by atoms with E-state index in [1.54, 1.807) is 30.3 Å². The van der Waals surface area contributed by atoms with Crippen molar-refractivity contribution in [2.45, 2.75) is 11.8 Å². The number of ether oxygens (including phenoxy) is 1. The molecule has 2 aromatic rings. The molecule has 6 nitrogen and oxygen atoms in total. The summed E-state index contributed by atoms with van der Waals surface area (Å²) in [5.41, 5.74) is -0.396. The largest absolute Gasteiger partial charge is 0.468 e. The van der Waals surface area contributed by atoms with Crippen molar-refractivity contribution < 1.29 is 19.2 Å². The second-order valence-electron chi connectivity index (χ2n) is 5.05. The minimum Gasteiger partial charge on any atom is -0.468 e. The number of non-ortho nitro benzene ring substituents is 1. The van der Waals surface area contributed by atoms with Crippen molar-refractivity contribution in [3.05, 3.63) is 75.8 Å². The standard InChI is InChI=1S/C17H15NO5/c1-23-16(20)17(12-19,14-5-3-2-4-6-14)11-13-7-9-15(10-8-13)18(21)22/h2-10,12H,11H2,1H3/t17-/m0/s1. The highest BCUT2D eigenvalue weighted by Crippen LogP contribution is 2.29. The van der Waals surface area contributed by atoms with Crippen molar-refractivity contribution >= 4 is 17.9 Å². The minimum absolute atomic E-state index is 0.0526. The number of carbonyl (C=O) groups excluding carboxylic acids is 2. The van der Waals surface area contributed by atoms with Gasteiger partial charge in [0.15, 0.2) is 5.41 Å². The van der Waals surface area contributed by atoms with Crippen molar-refractivity contribution in [2.75, 3.05) is 7.11 Å². The second kappa shape index (κ2) is 6.83. The number of aldehydes is 1. The number of methoxy groups -OCH3 is 1. The molecule has 2 rings (SSSR count). The number of hydrogen-bond donors (Lipinski definition) is 0. The van der Waals surface area contributed by atoms with E-state index in [-0.39, 0.29) is 12.1 Å². The quantitative estimate of drug-likeness (QED) is 0.269. The number of rotatable bonds is 6. The summed E-state index contributed by atoms with van der Waals surface area (Å²) >= 11 is 0. The Balaban J connectivity index is 2.44. The summed E-state index contributed by atoms with van der Waals surface area (Å²) in [7, 11) is 1.22. The van der Waals surface area contributed by atoms with Gasteiger partial charge in [-0.1, -0.05) is 42.5 Å². The Morgan fingerprint density at radius 2 is 1.78 bits per heavy atom. The summed E-state index contributed by atoms with van der Waals surface area (Å²) < 4.78 is 4.82. The molecular weight excluding hydrogens is 298 g/mol. The van der Waals surface area contributed by atoms with Crippen LogP contribution >= 0.6 is 0 Å². The van der Waals surface area contributed by atoms with E-state index in [2.05, 4.69) is 0 Å². The highest BCUT2D eigenvalue weighted by molar-refractivity contribution is 6.00. The predicted molar refractivity (Wildman–Crippen MR) is 83.0 cm³/mol. The first-order chi connectivity index (χ1) is 11.0. The van der Waals surface area contributed by atoms with E-state index in [0.29, 0.717) is 17.4 Å². The third kappa shape index (κ3) is 3.26. The summed E-state index contributed by atoms with van der Waals surface area (Å²) in [6, 6.07) is 14.3. The van der Waals surface area contributed by atoms with Crippen LogP contribution in [0.2, 0.25) is 0 Å². The van der Waals surface area contributed by atoms with E-state index < -0.39 is 16.3 Å². The van der Waals surface area contributed by atoms with Crippen molar-refractivity contribution in [2.24, 2.45) is 0 Å². The van der Waals surface area contributed by atoms with Gasteiger partial charge in [-0.15, -0.1) is 0 Å². The average Bonchev–Trinajstić information content (AvgIpc) is 2.60. The Morgan fingerprint density at radius 1 is 1.17 bits per heavy atom. The molecule has 0 fully saturated rings. The van der Waals surface area contributed by atoms with Crippen LogP contribution in [0.3, 0.4) is 0 Å². The number of nitro benzene ring substituents is 1. The molecule has 0 aromatic heterocycles. The Bertz CT molecular complexity index is 712. The van der Waals surface area contributed by atoms with Crippen LogP contribution in [0.15, 0.2) is 54.6 Å². The molecule has 0 amide bonds. The fraction of sp³-hybridized carbons (Fsp3) is 0.176. The van der Waals surface area contributed by atoms with Gasteiger partial charge in [-0.3, -0.25) is 14.9 Å². The van der Waals surface area contributed by atoms with Gasteiger partial charge in [0.2, 0.25) is 0 Å². The molecule has 0 spiro atoms. The van der Waals surface area contributed by atoms with Crippen molar-refractivity contribution in [3.8, 4) is 0 Å². The summed E-state index contributed by atoms with van der Waals surface area (Å²) in [4.78, 5) is 34.3. The molecule has 6 heteroatoms. The third-order valence-electron chi connectivity index (χ3n) is 3.67. The van der Waals surface area contributed by atoms with Gasteiger partial charge in [-0.25, -0.2) is 0 Å². The lowest BCUT2D eigenvalue weighted by atomic mass is 9.76. The van der Waals surface area contributed by atoms with E-state index in [4.69, 9.17) is 4.74 Å². The molecule has 0 heterocycles. The number of carbonyl (C=O) groups is 2. The summed E-state index contributed by atoms with van der Waals surface area (Å²) in [5, 5.41) is 10.7. The van der Waals surface area contributed by atoms with Crippen LogP contribution in [0.1, 0.15) is 11.1 Å². The van der Waals surface area contributed by atoms with Crippen LogP contribution < -0.4 is 0 Å². The number of hydrogen-bond acceptors (Lipinski definition) is 5. The van der Waals surface area contributed by atoms with Gasteiger partial charge in [0.1, 0.15) is 6.29 Å². The van der Waals surface area contributed by atoms with Crippen LogP contribution in [0.5, 0.6) is 0 Å². The van der Waals surface area contributed by atoms with Gasteiger partial charge < -0.3 is 9.53 Å². The van der Waals surface area contributed by atoms with E-state index >= 15 is 0 Å². The smallest absolute Gasteiger partial charge is 0.323 e. The van der Waals surface area contributed by atoms with Crippen LogP contribution in [0.25, 0.3) is 0 Å². The van der Waals surface area contributed by atoms with Crippen LogP contribution in [-0.2, 0) is 26.2 Å². The molecule has 0 aliphatic rings. The molecular formula is C17H15NO5. The van der Waals surface area contributed by atoms with Crippen molar-refractivity contribution in [1.82, 2.24) is 0 Å². The summed E-state index contributed by atoms with van der Waals surface area (Å²) in [6.45, 7) is 0. The van der Waals surface area contributed by atoms with Crippen LogP contribution in [-0.4, -0.2) is 24.3 Å². The molecule has 0 N–H and O–H groups in total. The molecule has 0 bridgehead atoms. The molecule has 0 saturated carbocycles. The molecule has 2 aromatic carbocycles. The monoisotopic (exact) mass is 313 g/mol. The fourth-order valence-electron chi connectivity index (χ4n) is 2.43. The van der Waals surface area contributed by atoms with E-state index in [1.807, 2.05) is 0 Å². The SMILES string of the molecule is COC(=O)[C@](C=O)(Cc1ccc([N+](=O)[O-])cc1)c1ccccc1. The zero-order valence-corrected chi connectivity index (χ0v) is 12.5. The normalized spacial score (nSPS) is 12.9. The highest BCUT2D eigenvalue weighted by Gasteiger charge is 2.41. The summed E-state index contributed by atoms with van der Waals surface area (Å²) in [6.07, 6.45) is 0.626. The predicted octanol–water partition coefficient (Wildman–Crippen LogP) is 2.45. The van der Waals surface area contributed by atoms with Gasteiger partial charge in [0.05, 0.1) is 12.0 Å². The summed E-state index contributed by atoms with van der Waals surface area (Å²) in [5.74, 6) is -0.669. The average molecular weight is 313 g/mol. The maximum absolute atomic E-state index is 12.3. The van der Waals surface area contributed by atoms with Gasteiger partial charge in [-0.2, -0.15) is 0 Å². The topological polar surface area (TPSA) is 86.5 Å². The lowest BCUT2D eigenvalue weighted by Crippen LogP contribution is -2.40.